The summed E-state index contributed by atoms with van der Waals surface area (Å²) in [5, 5.41) is 6.64. The third kappa shape index (κ3) is 4.29. The van der Waals surface area contributed by atoms with Gasteiger partial charge in [0.1, 0.15) is 11.7 Å². The predicted molar refractivity (Wildman–Crippen MR) is 125 cm³/mol. The Morgan fingerprint density at radius 3 is 2.72 bits per heavy atom. The van der Waals surface area contributed by atoms with E-state index < -0.39 is 11.9 Å². The van der Waals surface area contributed by atoms with Gasteiger partial charge in [-0.05, 0) is 32.3 Å². The molecule has 0 saturated heterocycles. The first-order chi connectivity index (χ1) is 17.2. The fraction of sp³-hybridized carbons (Fsp3) is 0.435. The number of hydrogen-bond donors (Lipinski definition) is 1. The summed E-state index contributed by atoms with van der Waals surface area (Å²) >= 11 is 0. The lowest BCUT2D eigenvalue weighted by Gasteiger charge is -2.42. The van der Waals surface area contributed by atoms with Crippen molar-refractivity contribution in [1.82, 2.24) is 24.7 Å². The van der Waals surface area contributed by atoms with Crippen LogP contribution in [-0.4, -0.2) is 49.8 Å². The summed E-state index contributed by atoms with van der Waals surface area (Å²) in [6.45, 7) is 5.58. The number of hydrogen-bond acceptors (Lipinski definition) is 8. The van der Waals surface area contributed by atoms with Gasteiger partial charge in [-0.1, -0.05) is 6.07 Å². The van der Waals surface area contributed by atoms with Crippen molar-refractivity contribution in [3.63, 3.8) is 0 Å². The predicted octanol–water partition coefficient (Wildman–Crippen LogP) is 3.54. The zero-order chi connectivity index (χ0) is 25.6. The highest BCUT2D eigenvalue weighted by atomic mass is 19.4. The van der Waals surface area contributed by atoms with Gasteiger partial charge in [0.2, 0.25) is 23.6 Å². The van der Waals surface area contributed by atoms with Crippen LogP contribution in [0.5, 0.6) is 11.8 Å². The number of nitrogens with one attached hydrogen (secondary N) is 1. The molecule has 0 fully saturated rings. The zero-order valence-electron chi connectivity index (χ0n) is 20.0. The second-order valence-corrected chi connectivity index (χ2v) is 8.67. The van der Waals surface area contributed by atoms with Gasteiger partial charge in [0.05, 0.1) is 5.69 Å². The third-order valence-electron chi connectivity index (χ3n) is 6.29. The fourth-order valence-electron chi connectivity index (χ4n) is 4.47. The lowest BCUT2D eigenvalue weighted by molar-refractivity contribution is -0.141. The van der Waals surface area contributed by atoms with E-state index >= 15 is 0 Å². The molecule has 190 valence electrons. The summed E-state index contributed by atoms with van der Waals surface area (Å²) in [5.41, 5.74) is 1.43. The maximum atomic E-state index is 12.9. The molecule has 0 aromatic carbocycles. The number of amides is 1. The molecule has 0 aliphatic carbocycles. The van der Waals surface area contributed by atoms with Crippen LogP contribution in [0.15, 0.2) is 24.4 Å². The van der Waals surface area contributed by atoms with E-state index in [0.29, 0.717) is 25.6 Å². The van der Waals surface area contributed by atoms with Gasteiger partial charge in [-0.3, -0.25) is 4.79 Å². The second kappa shape index (κ2) is 8.95. The topological polar surface area (TPSA) is 101 Å². The van der Waals surface area contributed by atoms with E-state index in [1.807, 2.05) is 18.7 Å². The molecule has 0 radical (unpaired) electrons. The fourth-order valence-corrected chi connectivity index (χ4v) is 4.47. The van der Waals surface area contributed by atoms with E-state index in [-0.39, 0.29) is 23.7 Å². The molecular formula is C23H25F3N8O2. The van der Waals surface area contributed by atoms with Crippen molar-refractivity contribution in [2.24, 2.45) is 7.05 Å². The third-order valence-corrected chi connectivity index (χ3v) is 6.29. The minimum absolute atomic E-state index is 0.0700. The van der Waals surface area contributed by atoms with E-state index in [4.69, 9.17) is 9.72 Å². The summed E-state index contributed by atoms with van der Waals surface area (Å²) in [7, 11) is 1.37. The Labute approximate surface area is 205 Å². The maximum absolute atomic E-state index is 12.9. The van der Waals surface area contributed by atoms with E-state index in [0.717, 1.165) is 46.4 Å². The monoisotopic (exact) mass is 502 g/mol. The molecule has 5 rings (SSSR count). The summed E-state index contributed by atoms with van der Waals surface area (Å²) in [6, 6.07) is 3.85. The normalized spacial score (nSPS) is 17.3. The average Bonchev–Trinajstić information content (AvgIpc) is 3.23. The summed E-state index contributed by atoms with van der Waals surface area (Å²) in [4.78, 5) is 30.2. The number of halogens is 3. The molecule has 5 heterocycles. The van der Waals surface area contributed by atoms with E-state index in [2.05, 4.69) is 20.4 Å². The average molecular weight is 503 g/mol. The van der Waals surface area contributed by atoms with Gasteiger partial charge in [0, 0.05) is 45.0 Å². The molecule has 1 amide bonds. The highest BCUT2D eigenvalue weighted by Crippen LogP contribution is 2.40. The minimum atomic E-state index is -4.56. The smallest absolute Gasteiger partial charge is 0.421 e. The molecule has 1 N–H and O–H groups in total. The van der Waals surface area contributed by atoms with Crippen molar-refractivity contribution in [1.29, 1.82) is 0 Å². The number of pyridine rings is 1. The number of ether oxygens (including phenoxy) is 1. The molecule has 0 bridgehead atoms. The van der Waals surface area contributed by atoms with Crippen molar-refractivity contribution < 1.29 is 22.7 Å². The number of aryl methyl sites for hydroxylation is 2. The van der Waals surface area contributed by atoms with Gasteiger partial charge < -0.3 is 19.9 Å². The molecule has 1 unspecified atom stereocenters. The van der Waals surface area contributed by atoms with Crippen LogP contribution in [0.1, 0.15) is 37.2 Å². The van der Waals surface area contributed by atoms with Crippen molar-refractivity contribution in [3.8, 4) is 11.8 Å². The first kappa shape index (κ1) is 23.8. The van der Waals surface area contributed by atoms with Gasteiger partial charge in [0.15, 0.2) is 11.5 Å². The second-order valence-electron chi connectivity index (χ2n) is 8.67. The molecule has 2 aliphatic rings. The SMILES string of the molecule is CCN1c2nc(NCc3ccc(Oc4cc(C(F)(F)F)nn4C)nc3)nc3c2N(CCC3)C(=O)C1C. The molecular weight excluding hydrogens is 477 g/mol. The first-order valence-electron chi connectivity index (χ1n) is 11.6. The zero-order valence-corrected chi connectivity index (χ0v) is 20.0. The van der Waals surface area contributed by atoms with Crippen LogP contribution >= 0.6 is 0 Å². The number of carbonyl (C=O) groups excluding carboxylic acids is 1. The van der Waals surface area contributed by atoms with Crippen LogP contribution in [0, 0.1) is 0 Å². The Bertz CT molecular complexity index is 1290. The molecule has 3 aromatic rings. The van der Waals surface area contributed by atoms with Gasteiger partial charge in [-0.2, -0.15) is 23.3 Å². The molecule has 1 atom stereocenters. The minimum Gasteiger partial charge on any atom is -0.421 e. The molecule has 13 heteroatoms. The lowest BCUT2D eigenvalue weighted by Crippen LogP contribution is -2.54. The molecule has 36 heavy (non-hydrogen) atoms. The summed E-state index contributed by atoms with van der Waals surface area (Å²) < 4.78 is 45.0. The Kier molecular flexibility index (Phi) is 5.92. The Balaban J connectivity index is 1.30. The molecule has 0 spiro atoms. The maximum Gasteiger partial charge on any atom is 0.435 e. The number of aromatic nitrogens is 5. The Hall–Kier alpha value is -3.90. The van der Waals surface area contributed by atoms with Crippen LogP contribution in [0.4, 0.5) is 30.6 Å². The van der Waals surface area contributed by atoms with Crippen molar-refractivity contribution in [2.75, 3.05) is 28.2 Å². The quantitative estimate of drug-likeness (QED) is 0.546. The van der Waals surface area contributed by atoms with Crippen molar-refractivity contribution in [2.45, 2.75) is 45.5 Å². The van der Waals surface area contributed by atoms with Gasteiger partial charge >= 0.3 is 6.18 Å². The molecule has 10 nitrogen and oxygen atoms in total. The number of carbonyl (C=O) groups is 1. The molecule has 0 saturated carbocycles. The van der Waals surface area contributed by atoms with Gasteiger partial charge in [0.25, 0.3) is 0 Å². The Morgan fingerprint density at radius 1 is 1.25 bits per heavy atom. The van der Waals surface area contributed by atoms with Crippen LogP contribution in [0.25, 0.3) is 0 Å². The van der Waals surface area contributed by atoms with E-state index in [1.165, 1.54) is 7.05 Å². The first-order valence-corrected chi connectivity index (χ1v) is 11.6. The summed E-state index contributed by atoms with van der Waals surface area (Å²) in [6.07, 6.45) is -1.38. The number of anilines is 3. The van der Waals surface area contributed by atoms with Gasteiger partial charge in [-0.25, -0.2) is 14.6 Å². The lowest BCUT2D eigenvalue weighted by atomic mass is 10.0. The number of alkyl halides is 3. The number of likely N-dealkylation sites (N-methyl/N-ethyl adjacent to an activating group) is 1. The highest BCUT2D eigenvalue weighted by molar-refractivity contribution is 6.05. The van der Waals surface area contributed by atoms with Crippen LogP contribution in [-0.2, 0) is 31.0 Å². The van der Waals surface area contributed by atoms with Crippen LogP contribution in [0.3, 0.4) is 0 Å². The van der Waals surface area contributed by atoms with E-state index in [1.54, 1.807) is 23.2 Å². The van der Waals surface area contributed by atoms with Crippen molar-refractivity contribution >= 4 is 23.4 Å². The van der Waals surface area contributed by atoms with Crippen LogP contribution in [0.2, 0.25) is 0 Å². The Morgan fingerprint density at radius 2 is 2.06 bits per heavy atom. The molecule has 3 aromatic heterocycles. The van der Waals surface area contributed by atoms with Crippen molar-refractivity contribution in [3.05, 3.63) is 41.3 Å². The standard InChI is InChI=1S/C23H25F3N8O2/c1-4-33-13(2)21(35)34-9-5-6-15-19(34)20(33)30-22(29-15)28-12-14-7-8-17(27-11-14)36-18-10-16(23(24,25)26)31-32(18)3/h7-8,10-11,13H,4-6,9,12H2,1-3H3,(H,28,29,30). The molecule has 2 aliphatic heterocycles. The summed E-state index contributed by atoms with van der Waals surface area (Å²) in [5.74, 6) is 1.36. The largest absolute Gasteiger partial charge is 0.435 e. The highest BCUT2D eigenvalue weighted by Gasteiger charge is 2.39. The number of nitrogens with zero attached hydrogens (tertiary/aromatic N) is 7. The van der Waals surface area contributed by atoms with E-state index in [9.17, 15) is 18.0 Å². The van der Waals surface area contributed by atoms with Crippen LogP contribution < -0.4 is 19.9 Å². The van der Waals surface area contributed by atoms with Gasteiger partial charge in [-0.15, -0.1) is 0 Å². The number of rotatable bonds is 6.